The number of ether oxygens (including phenoxy) is 2. The molecule has 1 amide bonds. The predicted molar refractivity (Wildman–Crippen MR) is 76.0 cm³/mol. The Morgan fingerprint density at radius 1 is 1.19 bits per heavy atom. The van der Waals surface area contributed by atoms with Crippen molar-refractivity contribution in [3.63, 3.8) is 0 Å². The van der Waals surface area contributed by atoms with Crippen molar-refractivity contribution in [3.05, 3.63) is 35.4 Å². The third-order valence-corrected chi connectivity index (χ3v) is 2.74. The van der Waals surface area contributed by atoms with Gasteiger partial charge in [0.1, 0.15) is 6.61 Å². The van der Waals surface area contributed by atoms with Gasteiger partial charge in [-0.25, -0.2) is 0 Å². The molecule has 1 aromatic rings. The Morgan fingerprint density at radius 3 is 2.48 bits per heavy atom. The number of methoxy groups -OCH3 is 2. The first-order valence-electron chi connectivity index (χ1n) is 6.40. The second kappa shape index (κ2) is 8.28. The van der Waals surface area contributed by atoms with Gasteiger partial charge in [0.2, 0.25) is 5.91 Å². The van der Waals surface area contributed by atoms with E-state index in [0.29, 0.717) is 12.2 Å². The summed E-state index contributed by atoms with van der Waals surface area (Å²) >= 11 is 0. The van der Waals surface area contributed by atoms with Crippen LogP contribution in [0.4, 0.5) is 0 Å². The van der Waals surface area contributed by atoms with Crippen LogP contribution < -0.4 is 5.32 Å². The van der Waals surface area contributed by atoms with Gasteiger partial charge in [-0.3, -0.25) is 14.4 Å². The van der Waals surface area contributed by atoms with Gasteiger partial charge in [-0.15, -0.1) is 0 Å². The van der Waals surface area contributed by atoms with Crippen molar-refractivity contribution >= 4 is 17.5 Å². The van der Waals surface area contributed by atoms with Gasteiger partial charge < -0.3 is 14.8 Å². The third kappa shape index (κ3) is 5.09. The van der Waals surface area contributed by atoms with Crippen LogP contribution in [-0.2, 0) is 25.7 Å². The lowest BCUT2D eigenvalue weighted by atomic mass is 9.99. The van der Waals surface area contributed by atoms with Crippen molar-refractivity contribution in [1.82, 2.24) is 5.32 Å². The molecular formula is C15H19NO5. The van der Waals surface area contributed by atoms with Crippen LogP contribution in [0.2, 0.25) is 0 Å². The van der Waals surface area contributed by atoms with E-state index in [1.807, 2.05) is 6.07 Å². The summed E-state index contributed by atoms with van der Waals surface area (Å²) in [6.45, 7) is 1.37. The van der Waals surface area contributed by atoms with Crippen LogP contribution in [-0.4, -0.2) is 44.3 Å². The molecule has 1 N–H and O–H groups in total. The van der Waals surface area contributed by atoms with Crippen molar-refractivity contribution in [1.29, 1.82) is 0 Å². The van der Waals surface area contributed by atoms with Crippen LogP contribution in [0, 0.1) is 0 Å². The summed E-state index contributed by atoms with van der Waals surface area (Å²) in [5.41, 5.74) is 1.15. The molecule has 0 saturated heterocycles. The Labute approximate surface area is 123 Å². The highest BCUT2D eigenvalue weighted by atomic mass is 16.5. The van der Waals surface area contributed by atoms with Crippen molar-refractivity contribution in [2.75, 3.05) is 20.8 Å². The summed E-state index contributed by atoms with van der Waals surface area (Å²) in [6, 6.07) is 5.51. The number of nitrogens with one attached hydrogen (secondary N) is 1. The lowest BCUT2D eigenvalue weighted by Crippen LogP contribution is -2.47. The number of hydrogen-bond acceptors (Lipinski definition) is 5. The fraction of sp³-hybridized carbons (Fsp3) is 0.400. The fourth-order valence-corrected chi connectivity index (χ4v) is 1.87. The number of Topliss-reactive ketones (excluding diaryl/α,β-unsaturated/α-hetero) is 2. The summed E-state index contributed by atoms with van der Waals surface area (Å²) in [5, 5.41) is 2.36. The number of amides is 1. The quantitative estimate of drug-likeness (QED) is 0.564. The molecule has 1 unspecified atom stereocenters. The fourth-order valence-electron chi connectivity index (χ4n) is 1.87. The normalized spacial score (nSPS) is 11.8. The molecule has 0 bridgehead atoms. The molecule has 0 radical (unpaired) electrons. The van der Waals surface area contributed by atoms with Crippen LogP contribution >= 0.6 is 0 Å². The van der Waals surface area contributed by atoms with Gasteiger partial charge in [0, 0.05) is 26.7 Å². The molecular weight excluding hydrogens is 274 g/mol. The topological polar surface area (TPSA) is 81.7 Å². The average Bonchev–Trinajstić information content (AvgIpc) is 2.45. The Balaban J connectivity index is 3.01. The van der Waals surface area contributed by atoms with Gasteiger partial charge in [-0.1, -0.05) is 18.2 Å². The van der Waals surface area contributed by atoms with E-state index in [9.17, 15) is 14.4 Å². The molecule has 1 atom stereocenters. The second-order valence-corrected chi connectivity index (χ2v) is 4.53. The van der Waals surface area contributed by atoms with Gasteiger partial charge in [-0.2, -0.15) is 0 Å². The molecule has 6 heteroatoms. The molecule has 6 nitrogen and oxygen atoms in total. The maximum atomic E-state index is 12.4. The molecule has 114 valence electrons. The standard InChI is InChI=1S/C15H19NO5/c1-10(17)16-14(13(18)9-21-3)15(19)12-6-4-5-11(7-12)8-20-2/h4-7,14H,8-9H2,1-3H3,(H,16,17). The molecule has 0 fully saturated rings. The van der Waals surface area contributed by atoms with Crippen LogP contribution in [0.5, 0.6) is 0 Å². The second-order valence-electron chi connectivity index (χ2n) is 4.53. The average molecular weight is 293 g/mol. The highest BCUT2D eigenvalue weighted by molar-refractivity contribution is 6.16. The largest absolute Gasteiger partial charge is 0.380 e. The molecule has 0 heterocycles. The van der Waals surface area contributed by atoms with Gasteiger partial charge in [-0.05, 0) is 11.6 Å². The van der Waals surface area contributed by atoms with Crippen LogP contribution in [0.25, 0.3) is 0 Å². The van der Waals surface area contributed by atoms with E-state index >= 15 is 0 Å². The van der Waals surface area contributed by atoms with E-state index in [-0.39, 0.29) is 6.61 Å². The molecule has 0 spiro atoms. The van der Waals surface area contributed by atoms with E-state index in [4.69, 9.17) is 9.47 Å². The lowest BCUT2D eigenvalue weighted by Gasteiger charge is -2.15. The third-order valence-electron chi connectivity index (χ3n) is 2.74. The number of carbonyl (C=O) groups is 3. The smallest absolute Gasteiger partial charge is 0.217 e. The highest BCUT2D eigenvalue weighted by Crippen LogP contribution is 2.10. The molecule has 1 rings (SSSR count). The van der Waals surface area contributed by atoms with Gasteiger partial charge in [0.25, 0.3) is 0 Å². The molecule has 0 aliphatic heterocycles. The van der Waals surface area contributed by atoms with Crippen LogP contribution in [0.15, 0.2) is 24.3 Å². The summed E-state index contributed by atoms with van der Waals surface area (Å²) in [6.07, 6.45) is 0. The maximum Gasteiger partial charge on any atom is 0.217 e. The highest BCUT2D eigenvalue weighted by Gasteiger charge is 2.28. The number of benzene rings is 1. The zero-order valence-corrected chi connectivity index (χ0v) is 12.3. The number of carbonyl (C=O) groups excluding carboxylic acids is 3. The zero-order valence-electron chi connectivity index (χ0n) is 12.3. The Bertz CT molecular complexity index is 527. The minimum absolute atomic E-state index is 0.242. The summed E-state index contributed by atoms with van der Waals surface area (Å²) in [7, 11) is 2.91. The van der Waals surface area contributed by atoms with Crippen molar-refractivity contribution in [2.24, 2.45) is 0 Å². The van der Waals surface area contributed by atoms with E-state index in [1.54, 1.807) is 25.3 Å². The Morgan fingerprint density at radius 2 is 1.90 bits per heavy atom. The van der Waals surface area contributed by atoms with Gasteiger partial charge >= 0.3 is 0 Å². The summed E-state index contributed by atoms with van der Waals surface area (Å²) < 4.78 is 9.75. The number of rotatable bonds is 8. The zero-order chi connectivity index (χ0) is 15.8. The number of ketones is 2. The molecule has 0 saturated carbocycles. The minimum Gasteiger partial charge on any atom is -0.380 e. The molecule has 0 aliphatic carbocycles. The Kier molecular flexibility index (Phi) is 6.71. The minimum atomic E-state index is -1.24. The SMILES string of the molecule is COCC(=O)C(NC(C)=O)C(=O)c1cccc(COC)c1. The lowest BCUT2D eigenvalue weighted by molar-refractivity contribution is -0.127. The van der Waals surface area contributed by atoms with Crippen LogP contribution in [0.3, 0.4) is 0 Å². The van der Waals surface area contributed by atoms with Crippen molar-refractivity contribution in [2.45, 2.75) is 19.6 Å². The van der Waals surface area contributed by atoms with Crippen molar-refractivity contribution in [3.8, 4) is 0 Å². The number of hydrogen-bond donors (Lipinski definition) is 1. The van der Waals surface area contributed by atoms with Crippen molar-refractivity contribution < 1.29 is 23.9 Å². The molecule has 1 aromatic carbocycles. The van der Waals surface area contributed by atoms with E-state index in [2.05, 4.69) is 5.32 Å². The first kappa shape index (κ1) is 17.0. The summed E-state index contributed by atoms with van der Waals surface area (Å²) in [5.74, 6) is -1.41. The molecule has 21 heavy (non-hydrogen) atoms. The first-order valence-corrected chi connectivity index (χ1v) is 6.40. The molecule has 0 aliphatic rings. The molecule has 0 aromatic heterocycles. The Hall–Kier alpha value is -2.05. The van der Waals surface area contributed by atoms with E-state index in [0.717, 1.165) is 5.56 Å². The van der Waals surface area contributed by atoms with E-state index in [1.165, 1.54) is 14.0 Å². The summed E-state index contributed by atoms with van der Waals surface area (Å²) in [4.78, 5) is 35.5. The monoisotopic (exact) mass is 293 g/mol. The van der Waals surface area contributed by atoms with Crippen LogP contribution in [0.1, 0.15) is 22.8 Å². The maximum absolute atomic E-state index is 12.4. The predicted octanol–water partition coefficient (Wildman–Crippen LogP) is 0.736. The van der Waals surface area contributed by atoms with Gasteiger partial charge in [0.15, 0.2) is 17.6 Å². The van der Waals surface area contributed by atoms with E-state index < -0.39 is 23.5 Å². The first-order chi connectivity index (χ1) is 9.99. The van der Waals surface area contributed by atoms with Gasteiger partial charge in [0.05, 0.1) is 6.61 Å².